The lowest BCUT2D eigenvalue weighted by atomic mass is 10.1. The summed E-state index contributed by atoms with van der Waals surface area (Å²) in [4.78, 5) is 13.2. The molecule has 3 aromatic rings. The quantitative estimate of drug-likeness (QED) is 0.797. The van der Waals surface area contributed by atoms with Crippen LogP contribution >= 0.6 is 0 Å². The Morgan fingerprint density at radius 3 is 2.62 bits per heavy atom. The summed E-state index contributed by atoms with van der Waals surface area (Å²) in [6.07, 6.45) is 3.61. The number of fused-ring (bicyclic) bond motifs is 1. The zero-order chi connectivity index (χ0) is 14.7. The van der Waals surface area contributed by atoms with E-state index < -0.39 is 0 Å². The third kappa shape index (κ3) is 3.23. The second-order valence-corrected chi connectivity index (χ2v) is 5.19. The van der Waals surface area contributed by atoms with E-state index in [1.165, 1.54) is 10.9 Å². The molecule has 1 N–H and O–H groups in total. The van der Waals surface area contributed by atoms with Gasteiger partial charge in [0.05, 0.1) is 16.9 Å². The molecule has 0 spiro atoms. The molecule has 106 valence electrons. The molecular formula is C17H18N4. The molecule has 0 saturated carbocycles. The summed E-state index contributed by atoms with van der Waals surface area (Å²) in [5, 5.41) is 4.63. The fraction of sp³-hybridized carbons (Fsp3) is 0.235. The van der Waals surface area contributed by atoms with Gasteiger partial charge in [0.25, 0.3) is 0 Å². The van der Waals surface area contributed by atoms with Crippen molar-refractivity contribution in [1.82, 2.24) is 20.3 Å². The minimum Gasteiger partial charge on any atom is -0.307 e. The van der Waals surface area contributed by atoms with E-state index in [-0.39, 0.29) is 0 Å². The minimum atomic E-state index is 0.711. The van der Waals surface area contributed by atoms with E-state index in [2.05, 4.69) is 38.5 Å². The molecule has 1 aromatic carbocycles. The highest BCUT2D eigenvalue weighted by Crippen LogP contribution is 2.18. The van der Waals surface area contributed by atoms with Crippen molar-refractivity contribution in [2.75, 3.05) is 0 Å². The van der Waals surface area contributed by atoms with Gasteiger partial charge in [0.15, 0.2) is 0 Å². The van der Waals surface area contributed by atoms with Gasteiger partial charge in [-0.1, -0.05) is 18.2 Å². The van der Waals surface area contributed by atoms with Gasteiger partial charge in [-0.3, -0.25) is 15.0 Å². The van der Waals surface area contributed by atoms with Gasteiger partial charge in [0.1, 0.15) is 0 Å². The molecule has 4 nitrogen and oxygen atoms in total. The molecule has 0 aliphatic carbocycles. The summed E-state index contributed by atoms with van der Waals surface area (Å²) in [6, 6.07) is 10.4. The topological polar surface area (TPSA) is 50.7 Å². The van der Waals surface area contributed by atoms with Crippen molar-refractivity contribution in [3.8, 4) is 0 Å². The molecule has 0 amide bonds. The first kappa shape index (κ1) is 13.6. The lowest BCUT2D eigenvalue weighted by molar-refractivity contribution is 0.678. The highest BCUT2D eigenvalue weighted by atomic mass is 14.9. The van der Waals surface area contributed by atoms with Gasteiger partial charge in [-0.2, -0.15) is 0 Å². The Kier molecular flexibility index (Phi) is 3.88. The van der Waals surface area contributed by atoms with Gasteiger partial charge >= 0.3 is 0 Å². The molecule has 2 aromatic heterocycles. The van der Waals surface area contributed by atoms with Crippen molar-refractivity contribution in [2.24, 2.45) is 0 Å². The fourth-order valence-corrected chi connectivity index (χ4v) is 2.38. The molecule has 0 aliphatic rings. The second kappa shape index (κ2) is 5.97. The molecule has 0 saturated heterocycles. The third-order valence-electron chi connectivity index (χ3n) is 3.39. The van der Waals surface area contributed by atoms with Crippen molar-refractivity contribution in [3.05, 3.63) is 65.4 Å². The normalized spacial score (nSPS) is 11.0. The summed E-state index contributed by atoms with van der Waals surface area (Å²) in [5.74, 6) is 0. The van der Waals surface area contributed by atoms with E-state index in [1.807, 2.05) is 32.2 Å². The van der Waals surface area contributed by atoms with Gasteiger partial charge in [-0.05, 0) is 31.5 Å². The smallest absolute Gasteiger partial charge is 0.0724 e. The maximum atomic E-state index is 4.56. The average Bonchev–Trinajstić information content (AvgIpc) is 2.49. The molecule has 21 heavy (non-hydrogen) atoms. The number of nitrogens with one attached hydrogen (secondary N) is 1. The monoisotopic (exact) mass is 278 g/mol. The van der Waals surface area contributed by atoms with Crippen LogP contribution in [0, 0.1) is 13.8 Å². The van der Waals surface area contributed by atoms with Crippen LogP contribution in [0.15, 0.2) is 42.7 Å². The zero-order valence-corrected chi connectivity index (χ0v) is 12.3. The lowest BCUT2D eigenvalue weighted by Gasteiger charge is -2.09. The highest BCUT2D eigenvalue weighted by molar-refractivity contribution is 5.82. The Morgan fingerprint density at radius 2 is 1.81 bits per heavy atom. The van der Waals surface area contributed by atoms with E-state index >= 15 is 0 Å². The van der Waals surface area contributed by atoms with E-state index in [4.69, 9.17) is 0 Å². The van der Waals surface area contributed by atoms with Gasteiger partial charge in [-0.15, -0.1) is 0 Å². The van der Waals surface area contributed by atoms with Crippen LogP contribution in [0.5, 0.6) is 0 Å². The first-order valence-electron chi connectivity index (χ1n) is 7.06. The van der Waals surface area contributed by atoms with Crippen molar-refractivity contribution in [1.29, 1.82) is 0 Å². The number of aromatic nitrogens is 3. The Bertz CT molecular complexity index is 750. The first-order valence-corrected chi connectivity index (χ1v) is 7.06. The average molecular weight is 278 g/mol. The lowest BCUT2D eigenvalue weighted by Crippen LogP contribution is -2.14. The number of pyridine rings is 1. The zero-order valence-electron chi connectivity index (χ0n) is 12.3. The summed E-state index contributed by atoms with van der Waals surface area (Å²) in [5.41, 5.74) is 5.24. The Hall–Kier alpha value is -2.33. The summed E-state index contributed by atoms with van der Waals surface area (Å²) in [6.45, 7) is 5.47. The molecule has 0 fully saturated rings. The van der Waals surface area contributed by atoms with Crippen molar-refractivity contribution < 1.29 is 0 Å². The van der Waals surface area contributed by atoms with Crippen molar-refractivity contribution in [3.63, 3.8) is 0 Å². The van der Waals surface area contributed by atoms with Crippen LogP contribution in [0.4, 0.5) is 0 Å². The Labute approximate surface area is 124 Å². The number of aryl methyl sites for hydroxylation is 2. The molecular weight excluding hydrogens is 260 g/mol. The number of nitrogens with zero attached hydrogens (tertiary/aromatic N) is 3. The second-order valence-electron chi connectivity index (χ2n) is 5.19. The van der Waals surface area contributed by atoms with Crippen LogP contribution in [0.1, 0.15) is 22.6 Å². The fourth-order valence-electron chi connectivity index (χ4n) is 2.38. The Morgan fingerprint density at radius 1 is 0.952 bits per heavy atom. The molecule has 3 rings (SSSR count). The molecule has 0 radical (unpaired) electrons. The van der Waals surface area contributed by atoms with E-state index in [9.17, 15) is 0 Å². The van der Waals surface area contributed by atoms with Gasteiger partial charge in [-0.25, -0.2) is 0 Å². The van der Waals surface area contributed by atoms with Crippen LogP contribution < -0.4 is 5.32 Å². The maximum Gasteiger partial charge on any atom is 0.0724 e. The third-order valence-corrected chi connectivity index (χ3v) is 3.39. The van der Waals surface area contributed by atoms with Gasteiger partial charge in [0.2, 0.25) is 0 Å². The van der Waals surface area contributed by atoms with Crippen LogP contribution in [0.25, 0.3) is 10.9 Å². The molecule has 4 heteroatoms. The van der Waals surface area contributed by atoms with E-state index in [0.29, 0.717) is 6.54 Å². The van der Waals surface area contributed by atoms with Crippen LogP contribution in [0.3, 0.4) is 0 Å². The number of hydrogen-bond donors (Lipinski definition) is 1. The first-order chi connectivity index (χ1) is 10.2. The highest BCUT2D eigenvalue weighted by Gasteiger charge is 2.03. The standard InChI is InChI=1S/C17H18N4/c1-12-7-14(16-5-3-4-6-17(16)21-12)9-18-10-15-11-19-13(2)8-20-15/h3-8,11,18H,9-10H2,1-2H3. The van der Waals surface area contributed by atoms with Crippen molar-refractivity contribution in [2.45, 2.75) is 26.9 Å². The molecule has 0 atom stereocenters. The largest absolute Gasteiger partial charge is 0.307 e. The van der Waals surface area contributed by atoms with E-state index in [0.717, 1.165) is 29.1 Å². The minimum absolute atomic E-state index is 0.711. The predicted molar refractivity (Wildman–Crippen MR) is 83.8 cm³/mol. The number of para-hydroxylation sites is 1. The summed E-state index contributed by atoms with van der Waals surface area (Å²) < 4.78 is 0. The van der Waals surface area contributed by atoms with Crippen molar-refractivity contribution >= 4 is 10.9 Å². The van der Waals surface area contributed by atoms with Crippen LogP contribution in [0.2, 0.25) is 0 Å². The number of hydrogen-bond acceptors (Lipinski definition) is 4. The van der Waals surface area contributed by atoms with Gasteiger partial charge < -0.3 is 5.32 Å². The Balaban J connectivity index is 1.74. The summed E-state index contributed by atoms with van der Waals surface area (Å²) >= 11 is 0. The van der Waals surface area contributed by atoms with Crippen LogP contribution in [-0.4, -0.2) is 15.0 Å². The molecule has 0 aliphatic heterocycles. The van der Waals surface area contributed by atoms with Gasteiger partial charge in [0, 0.05) is 36.6 Å². The number of benzene rings is 1. The van der Waals surface area contributed by atoms with Crippen LogP contribution in [-0.2, 0) is 13.1 Å². The number of rotatable bonds is 4. The van der Waals surface area contributed by atoms with E-state index in [1.54, 1.807) is 6.20 Å². The molecule has 0 unspecified atom stereocenters. The molecule has 0 bridgehead atoms. The SMILES string of the molecule is Cc1cnc(CNCc2cc(C)nc3ccccc23)cn1. The predicted octanol–water partition coefficient (Wildman–Crippen LogP) is 2.93. The molecule has 2 heterocycles. The summed E-state index contributed by atoms with van der Waals surface area (Å²) in [7, 11) is 0. The maximum absolute atomic E-state index is 4.56.